The van der Waals surface area contributed by atoms with E-state index >= 15 is 0 Å². The van der Waals surface area contributed by atoms with Crippen LogP contribution in [0.1, 0.15) is 29.8 Å². The number of anilines is 1. The van der Waals surface area contributed by atoms with E-state index in [0.29, 0.717) is 36.8 Å². The smallest absolute Gasteiger partial charge is 0.272 e. The fourth-order valence-electron chi connectivity index (χ4n) is 2.99. The van der Waals surface area contributed by atoms with Crippen LogP contribution in [0.3, 0.4) is 0 Å². The molecule has 6 nitrogen and oxygen atoms in total. The fraction of sp³-hybridized carbons (Fsp3) is 0.500. The molecule has 0 aromatic carbocycles. The van der Waals surface area contributed by atoms with Crippen LogP contribution in [0.25, 0.3) is 0 Å². The minimum atomic E-state index is -0.0552. The van der Waals surface area contributed by atoms with Gasteiger partial charge in [0, 0.05) is 25.6 Å². The first-order valence-corrected chi connectivity index (χ1v) is 6.93. The molecule has 0 aliphatic carbocycles. The molecule has 0 saturated carbocycles. The lowest BCUT2D eigenvalue weighted by atomic mass is 9.85. The van der Waals surface area contributed by atoms with E-state index in [2.05, 4.69) is 10.3 Å². The number of nitrogens with zero attached hydrogens (tertiary/aromatic N) is 2. The molecule has 0 bridgehead atoms. The van der Waals surface area contributed by atoms with Gasteiger partial charge in [-0.2, -0.15) is 0 Å². The average Bonchev–Trinajstić information content (AvgIpc) is 2.47. The highest BCUT2D eigenvalue weighted by molar-refractivity contribution is 5.92. The summed E-state index contributed by atoms with van der Waals surface area (Å²) in [6.07, 6.45) is 3.73. The third kappa shape index (κ3) is 2.45. The van der Waals surface area contributed by atoms with Crippen LogP contribution in [-0.2, 0) is 4.79 Å². The van der Waals surface area contributed by atoms with E-state index in [0.717, 1.165) is 12.8 Å². The standard InChI is InChI=1S/C14H18N4O2/c15-10-2-3-12(16-7-10)14(20)18-6-5-11-9(8-18)1-4-13(19)17-11/h2-3,7,9,11H,1,4-6,8,15H2,(H,17,19). The molecule has 2 aliphatic heterocycles. The molecule has 3 rings (SSSR count). The number of hydrogen-bond acceptors (Lipinski definition) is 4. The number of likely N-dealkylation sites (tertiary alicyclic amines) is 1. The van der Waals surface area contributed by atoms with Gasteiger partial charge in [0.15, 0.2) is 0 Å². The number of carbonyl (C=O) groups is 2. The Morgan fingerprint density at radius 2 is 2.25 bits per heavy atom. The van der Waals surface area contributed by atoms with Gasteiger partial charge < -0.3 is 16.0 Å². The van der Waals surface area contributed by atoms with E-state index in [4.69, 9.17) is 5.73 Å². The van der Waals surface area contributed by atoms with Gasteiger partial charge >= 0.3 is 0 Å². The maximum Gasteiger partial charge on any atom is 0.272 e. The summed E-state index contributed by atoms with van der Waals surface area (Å²) in [5.74, 6) is 0.436. The zero-order chi connectivity index (χ0) is 14.1. The Morgan fingerprint density at radius 1 is 1.40 bits per heavy atom. The molecule has 0 spiro atoms. The number of piperidine rings is 2. The molecule has 2 saturated heterocycles. The Labute approximate surface area is 117 Å². The number of nitrogens with one attached hydrogen (secondary N) is 1. The van der Waals surface area contributed by atoms with Crippen molar-refractivity contribution in [3.63, 3.8) is 0 Å². The molecule has 3 N–H and O–H groups in total. The van der Waals surface area contributed by atoms with Crippen molar-refractivity contribution in [1.29, 1.82) is 0 Å². The van der Waals surface area contributed by atoms with Crippen molar-refractivity contribution in [2.24, 2.45) is 5.92 Å². The molecule has 1 aromatic heterocycles. The Morgan fingerprint density at radius 3 is 3.00 bits per heavy atom. The van der Waals surface area contributed by atoms with Crippen molar-refractivity contribution in [1.82, 2.24) is 15.2 Å². The van der Waals surface area contributed by atoms with Crippen molar-refractivity contribution >= 4 is 17.5 Å². The second kappa shape index (κ2) is 5.11. The summed E-state index contributed by atoms with van der Waals surface area (Å²) >= 11 is 0. The number of hydrogen-bond donors (Lipinski definition) is 2. The lowest BCUT2D eigenvalue weighted by Gasteiger charge is -2.41. The lowest BCUT2D eigenvalue weighted by Crippen LogP contribution is -2.55. The first-order valence-electron chi connectivity index (χ1n) is 6.93. The summed E-state index contributed by atoms with van der Waals surface area (Å²) in [5.41, 5.74) is 6.56. The predicted molar refractivity (Wildman–Crippen MR) is 73.8 cm³/mol. The summed E-state index contributed by atoms with van der Waals surface area (Å²) < 4.78 is 0. The molecule has 2 atom stereocenters. The number of amides is 2. The van der Waals surface area contributed by atoms with Crippen molar-refractivity contribution in [3.8, 4) is 0 Å². The number of carbonyl (C=O) groups excluding carboxylic acids is 2. The molecule has 106 valence electrons. The SMILES string of the molecule is Nc1ccc(C(=O)N2CCC3NC(=O)CCC3C2)nc1. The van der Waals surface area contributed by atoms with E-state index in [9.17, 15) is 9.59 Å². The summed E-state index contributed by atoms with van der Waals surface area (Å²) in [5, 5.41) is 3.02. The highest BCUT2D eigenvalue weighted by Gasteiger charge is 2.35. The van der Waals surface area contributed by atoms with Crippen LogP contribution in [0.2, 0.25) is 0 Å². The highest BCUT2D eigenvalue weighted by atomic mass is 16.2. The van der Waals surface area contributed by atoms with Gasteiger partial charge in [-0.25, -0.2) is 4.98 Å². The maximum absolute atomic E-state index is 12.4. The maximum atomic E-state index is 12.4. The normalized spacial score (nSPS) is 25.8. The second-order valence-electron chi connectivity index (χ2n) is 5.49. The second-order valence-corrected chi connectivity index (χ2v) is 5.49. The van der Waals surface area contributed by atoms with Crippen LogP contribution in [0.5, 0.6) is 0 Å². The summed E-state index contributed by atoms with van der Waals surface area (Å²) in [6.45, 7) is 1.35. The van der Waals surface area contributed by atoms with E-state index in [1.807, 2.05) is 4.90 Å². The van der Waals surface area contributed by atoms with E-state index in [-0.39, 0.29) is 17.9 Å². The molecule has 2 unspecified atom stereocenters. The molecular formula is C14H18N4O2. The molecule has 0 radical (unpaired) electrons. The number of nitrogen functional groups attached to an aromatic ring is 1. The van der Waals surface area contributed by atoms with E-state index in [1.54, 1.807) is 12.1 Å². The number of fused-ring (bicyclic) bond motifs is 1. The van der Waals surface area contributed by atoms with Gasteiger partial charge in [-0.3, -0.25) is 9.59 Å². The van der Waals surface area contributed by atoms with Gasteiger partial charge in [-0.1, -0.05) is 0 Å². The molecule has 2 fully saturated rings. The Kier molecular flexibility index (Phi) is 3.30. The zero-order valence-corrected chi connectivity index (χ0v) is 11.2. The first kappa shape index (κ1) is 12.9. The molecule has 20 heavy (non-hydrogen) atoms. The van der Waals surface area contributed by atoms with Gasteiger partial charge in [0.1, 0.15) is 5.69 Å². The zero-order valence-electron chi connectivity index (χ0n) is 11.2. The number of pyridine rings is 1. The van der Waals surface area contributed by atoms with Crippen LogP contribution in [0, 0.1) is 5.92 Å². The van der Waals surface area contributed by atoms with Crippen molar-refractivity contribution in [2.75, 3.05) is 18.8 Å². The minimum Gasteiger partial charge on any atom is -0.397 e. The molecule has 2 aliphatic rings. The third-order valence-electron chi connectivity index (χ3n) is 4.12. The van der Waals surface area contributed by atoms with Crippen LogP contribution >= 0.6 is 0 Å². The summed E-state index contributed by atoms with van der Waals surface area (Å²) in [4.78, 5) is 29.7. The summed E-state index contributed by atoms with van der Waals surface area (Å²) in [6, 6.07) is 3.57. The molecule has 6 heteroatoms. The predicted octanol–water partition coefficient (Wildman–Crippen LogP) is 0.404. The third-order valence-corrected chi connectivity index (χ3v) is 4.12. The van der Waals surface area contributed by atoms with E-state index in [1.165, 1.54) is 6.20 Å². The highest BCUT2D eigenvalue weighted by Crippen LogP contribution is 2.26. The monoisotopic (exact) mass is 274 g/mol. The minimum absolute atomic E-state index is 0.0552. The van der Waals surface area contributed by atoms with Crippen LogP contribution in [0.4, 0.5) is 5.69 Å². The number of nitrogens with two attached hydrogens (primary N) is 1. The van der Waals surface area contributed by atoms with Crippen LogP contribution < -0.4 is 11.1 Å². The quantitative estimate of drug-likeness (QED) is 0.776. The van der Waals surface area contributed by atoms with Crippen LogP contribution in [0.15, 0.2) is 18.3 Å². The molecule has 1 aromatic rings. The lowest BCUT2D eigenvalue weighted by molar-refractivity contribution is -0.125. The van der Waals surface area contributed by atoms with Gasteiger partial charge in [-0.05, 0) is 30.9 Å². The molecule has 3 heterocycles. The van der Waals surface area contributed by atoms with Gasteiger partial charge in [0.2, 0.25) is 5.91 Å². The van der Waals surface area contributed by atoms with Crippen molar-refractivity contribution in [3.05, 3.63) is 24.0 Å². The Bertz CT molecular complexity index is 528. The Hall–Kier alpha value is -2.11. The fourth-order valence-corrected chi connectivity index (χ4v) is 2.99. The topological polar surface area (TPSA) is 88.3 Å². The van der Waals surface area contributed by atoms with Crippen molar-refractivity contribution < 1.29 is 9.59 Å². The molecule has 2 amide bonds. The molecular weight excluding hydrogens is 256 g/mol. The van der Waals surface area contributed by atoms with Crippen molar-refractivity contribution in [2.45, 2.75) is 25.3 Å². The largest absolute Gasteiger partial charge is 0.397 e. The number of aromatic nitrogens is 1. The van der Waals surface area contributed by atoms with Gasteiger partial charge in [0.25, 0.3) is 5.91 Å². The number of rotatable bonds is 1. The Balaban J connectivity index is 1.68. The summed E-state index contributed by atoms with van der Waals surface area (Å²) in [7, 11) is 0. The van der Waals surface area contributed by atoms with Gasteiger partial charge in [0.05, 0.1) is 11.9 Å². The average molecular weight is 274 g/mol. The first-order chi connectivity index (χ1) is 9.63. The van der Waals surface area contributed by atoms with E-state index < -0.39 is 0 Å². The van der Waals surface area contributed by atoms with Gasteiger partial charge in [-0.15, -0.1) is 0 Å². The van der Waals surface area contributed by atoms with Crippen LogP contribution in [-0.4, -0.2) is 40.8 Å².